The summed E-state index contributed by atoms with van der Waals surface area (Å²) in [5.74, 6) is -0.116. The molecule has 1 saturated heterocycles. The zero-order valence-corrected chi connectivity index (χ0v) is 16.3. The van der Waals surface area contributed by atoms with Gasteiger partial charge in [-0.2, -0.15) is 4.31 Å². The van der Waals surface area contributed by atoms with Crippen LogP contribution in [0.1, 0.15) is 41.9 Å². The molecule has 2 aromatic rings. The van der Waals surface area contributed by atoms with E-state index in [-0.39, 0.29) is 23.5 Å². The van der Waals surface area contributed by atoms with Crippen LogP contribution < -0.4 is 0 Å². The molecule has 5 heteroatoms. The highest BCUT2D eigenvalue weighted by Crippen LogP contribution is 2.43. The minimum Gasteiger partial charge on any atom is -0.212 e. The van der Waals surface area contributed by atoms with Gasteiger partial charge in [-0.3, -0.25) is 0 Å². The molecule has 2 aliphatic rings. The Balaban J connectivity index is 1.67. The van der Waals surface area contributed by atoms with E-state index in [1.54, 1.807) is 11.2 Å². The average molecular weight is 386 g/mol. The van der Waals surface area contributed by atoms with Crippen LogP contribution in [0, 0.1) is 12.7 Å². The van der Waals surface area contributed by atoms with Crippen molar-refractivity contribution in [3.63, 3.8) is 0 Å². The maximum absolute atomic E-state index is 13.7. The molecule has 1 aliphatic carbocycles. The van der Waals surface area contributed by atoms with Crippen molar-refractivity contribution < 1.29 is 12.8 Å². The number of rotatable bonds is 4. The summed E-state index contributed by atoms with van der Waals surface area (Å²) in [7, 11) is -3.42. The summed E-state index contributed by atoms with van der Waals surface area (Å²) >= 11 is 0. The zero-order valence-electron chi connectivity index (χ0n) is 15.4. The van der Waals surface area contributed by atoms with Gasteiger partial charge < -0.3 is 0 Å². The molecule has 0 spiro atoms. The molecular weight excluding hydrogens is 361 g/mol. The Bertz CT molecular complexity index is 969. The predicted molar refractivity (Wildman–Crippen MR) is 105 cm³/mol. The minimum atomic E-state index is -3.42. The maximum atomic E-state index is 13.7. The van der Waals surface area contributed by atoms with Crippen molar-refractivity contribution in [2.45, 2.75) is 43.9 Å². The third kappa shape index (κ3) is 3.58. The van der Waals surface area contributed by atoms with E-state index < -0.39 is 10.0 Å². The number of benzene rings is 2. The Labute approximate surface area is 160 Å². The van der Waals surface area contributed by atoms with Gasteiger partial charge in [0, 0.05) is 12.5 Å². The van der Waals surface area contributed by atoms with Crippen molar-refractivity contribution >= 4 is 10.0 Å². The van der Waals surface area contributed by atoms with Gasteiger partial charge in [0.05, 0.1) is 11.8 Å². The fourth-order valence-electron chi connectivity index (χ4n) is 4.43. The normalized spacial score (nSPS) is 23.1. The Morgan fingerprint density at radius 2 is 1.93 bits per heavy atom. The van der Waals surface area contributed by atoms with Crippen molar-refractivity contribution in [3.05, 3.63) is 82.7 Å². The lowest BCUT2D eigenvalue weighted by molar-refractivity contribution is 0.345. The van der Waals surface area contributed by atoms with Crippen LogP contribution in [-0.2, 0) is 15.8 Å². The smallest absolute Gasteiger partial charge is 0.212 e. The Hall–Kier alpha value is -1.98. The monoisotopic (exact) mass is 385 g/mol. The van der Waals surface area contributed by atoms with Crippen molar-refractivity contribution in [1.29, 1.82) is 0 Å². The third-order valence-electron chi connectivity index (χ3n) is 5.74. The molecular formula is C22H24FNO2S. The van der Waals surface area contributed by atoms with Gasteiger partial charge in [0.25, 0.3) is 0 Å². The molecule has 27 heavy (non-hydrogen) atoms. The van der Waals surface area contributed by atoms with Crippen molar-refractivity contribution in [3.8, 4) is 0 Å². The molecule has 0 saturated carbocycles. The van der Waals surface area contributed by atoms with Gasteiger partial charge >= 0.3 is 0 Å². The van der Waals surface area contributed by atoms with Crippen LogP contribution in [0.5, 0.6) is 0 Å². The van der Waals surface area contributed by atoms with Gasteiger partial charge in [-0.05, 0) is 48.9 Å². The first-order chi connectivity index (χ1) is 13.0. The van der Waals surface area contributed by atoms with E-state index in [9.17, 15) is 12.8 Å². The van der Waals surface area contributed by atoms with Crippen LogP contribution in [0.3, 0.4) is 0 Å². The third-order valence-corrected chi connectivity index (χ3v) is 7.56. The van der Waals surface area contributed by atoms with Gasteiger partial charge in [-0.25, -0.2) is 12.8 Å². The van der Waals surface area contributed by atoms with E-state index in [4.69, 9.17) is 0 Å². The number of hydrogen-bond acceptors (Lipinski definition) is 2. The number of hydrogen-bond donors (Lipinski definition) is 0. The van der Waals surface area contributed by atoms with E-state index in [1.165, 1.54) is 11.6 Å². The molecule has 2 atom stereocenters. The van der Waals surface area contributed by atoms with E-state index in [0.29, 0.717) is 12.1 Å². The van der Waals surface area contributed by atoms with E-state index >= 15 is 0 Å². The van der Waals surface area contributed by atoms with Crippen molar-refractivity contribution in [1.82, 2.24) is 4.31 Å². The average Bonchev–Trinajstić information content (AvgIpc) is 3.10. The van der Waals surface area contributed by atoms with E-state index in [2.05, 4.69) is 6.08 Å². The topological polar surface area (TPSA) is 37.4 Å². The summed E-state index contributed by atoms with van der Waals surface area (Å²) in [4.78, 5) is 0. The van der Waals surface area contributed by atoms with Crippen LogP contribution in [0.15, 0.2) is 60.2 Å². The fourth-order valence-corrected chi connectivity index (χ4v) is 6.20. The first-order valence-corrected chi connectivity index (χ1v) is 11.0. The lowest BCUT2D eigenvalue weighted by Gasteiger charge is -2.34. The summed E-state index contributed by atoms with van der Waals surface area (Å²) in [6, 6.07) is 14.4. The lowest BCUT2D eigenvalue weighted by Crippen LogP contribution is -2.41. The first-order valence-electron chi connectivity index (χ1n) is 9.44. The Morgan fingerprint density at radius 3 is 2.67 bits per heavy atom. The molecule has 142 valence electrons. The van der Waals surface area contributed by atoms with Gasteiger partial charge in [-0.1, -0.05) is 54.1 Å². The molecule has 3 nitrogen and oxygen atoms in total. The van der Waals surface area contributed by atoms with Crippen LogP contribution in [-0.4, -0.2) is 25.3 Å². The van der Waals surface area contributed by atoms with Crippen molar-refractivity contribution in [2.24, 2.45) is 0 Å². The zero-order chi connectivity index (χ0) is 19.0. The molecule has 0 aromatic heterocycles. The molecule has 0 radical (unpaired) electrons. The van der Waals surface area contributed by atoms with Crippen LogP contribution in [0.4, 0.5) is 4.39 Å². The summed E-state index contributed by atoms with van der Waals surface area (Å²) in [6.45, 7) is 2.29. The SMILES string of the molecule is Cc1cc([C@@H]2CCC=C3CCN(S(=O)(=O)Cc4ccccc4)[C@H]32)ccc1F. The molecule has 2 aromatic carbocycles. The lowest BCUT2D eigenvalue weighted by atomic mass is 9.80. The maximum Gasteiger partial charge on any atom is 0.218 e. The standard InChI is InChI=1S/C22H24FNO2S/c1-16-14-19(10-11-21(16)23)20-9-5-8-18-12-13-24(22(18)20)27(25,26)15-17-6-3-2-4-7-17/h2-4,6-8,10-11,14,20,22H,5,9,12-13,15H2,1H3/t20-,22+/m0/s1. The highest BCUT2D eigenvalue weighted by molar-refractivity contribution is 7.88. The second kappa shape index (κ2) is 7.21. The fraction of sp³-hybridized carbons (Fsp3) is 0.364. The van der Waals surface area contributed by atoms with Gasteiger partial charge in [0.1, 0.15) is 5.82 Å². The molecule has 0 amide bonds. The van der Waals surface area contributed by atoms with Crippen LogP contribution in [0.2, 0.25) is 0 Å². The summed E-state index contributed by atoms with van der Waals surface area (Å²) in [5, 5.41) is 0. The van der Waals surface area contributed by atoms with Crippen molar-refractivity contribution in [2.75, 3.05) is 6.54 Å². The molecule has 1 aliphatic heterocycles. The van der Waals surface area contributed by atoms with Gasteiger partial charge in [0.15, 0.2) is 0 Å². The molecule has 1 heterocycles. The quantitative estimate of drug-likeness (QED) is 0.725. The van der Waals surface area contributed by atoms with Crippen LogP contribution >= 0.6 is 0 Å². The highest BCUT2D eigenvalue weighted by Gasteiger charge is 2.43. The summed E-state index contributed by atoms with van der Waals surface area (Å²) in [5.41, 5.74) is 3.66. The second-order valence-electron chi connectivity index (χ2n) is 7.52. The molecule has 0 N–H and O–H groups in total. The number of aryl methyl sites for hydroxylation is 1. The number of nitrogens with zero attached hydrogens (tertiary/aromatic N) is 1. The van der Waals surface area contributed by atoms with Gasteiger partial charge in [0.2, 0.25) is 10.0 Å². The van der Waals surface area contributed by atoms with E-state index in [1.807, 2.05) is 42.5 Å². The largest absolute Gasteiger partial charge is 0.218 e. The highest BCUT2D eigenvalue weighted by atomic mass is 32.2. The number of sulfonamides is 1. The second-order valence-corrected chi connectivity index (χ2v) is 9.44. The molecule has 0 unspecified atom stereocenters. The summed E-state index contributed by atoms with van der Waals surface area (Å²) in [6.07, 6.45) is 4.82. The Morgan fingerprint density at radius 1 is 1.15 bits per heavy atom. The van der Waals surface area contributed by atoms with E-state index in [0.717, 1.165) is 30.4 Å². The van der Waals surface area contributed by atoms with Crippen LogP contribution in [0.25, 0.3) is 0 Å². The van der Waals surface area contributed by atoms with Gasteiger partial charge in [-0.15, -0.1) is 0 Å². The molecule has 1 fully saturated rings. The Kier molecular flexibility index (Phi) is 4.91. The predicted octanol–water partition coefficient (Wildman–Crippen LogP) is 4.54. The molecule has 4 rings (SSSR count). The number of halogens is 1. The first kappa shape index (κ1) is 18.4. The number of allylic oxidation sites excluding steroid dienone is 1. The number of fused-ring (bicyclic) bond motifs is 1. The summed E-state index contributed by atoms with van der Waals surface area (Å²) < 4.78 is 41.8. The minimum absolute atomic E-state index is 0.0206. The molecule has 0 bridgehead atoms.